The average molecular weight is 505 g/mol. The molecule has 7 nitrogen and oxygen atoms in total. The van der Waals surface area contributed by atoms with Crippen LogP contribution in [0.25, 0.3) is 23.3 Å². The summed E-state index contributed by atoms with van der Waals surface area (Å²) < 4.78 is 14.5. The normalized spacial score (nSPS) is 10.7. The van der Waals surface area contributed by atoms with Gasteiger partial charge < -0.3 is 5.32 Å². The predicted octanol–water partition coefficient (Wildman–Crippen LogP) is 5.82. The van der Waals surface area contributed by atoms with E-state index in [-0.39, 0.29) is 22.4 Å². The molecule has 0 aliphatic heterocycles. The Morgan fingerprint density at radius 3 is 2.47 bits per heavy atom. The fourth-order valence-electron chi connectivity index (χ4n) is 3.95. The second kappa shape index (κ2) is 11.2. The summed E-state index contributed by atoms with van der Waals surface area (Å²) in [4.78, 5) is 42.9. The van der Waals surface area contributed by atoms with Crippen LogP contribution in [0, 0.1) is 31.0 Å². The number of benzene rings is 2. The van der Waals surface area contributed by atoms with Gasteiger partial charge in [0.05, 0.1) is 11.3 Å². The summed E-state index contributed by atoms with van der Waals surface area (Å²) >= 11 is 0. The Labute approximate surface area is 218 Å². The lowest BCUT2D eigenvalue weighted by atomic mass is 9.94. The van der Waals surface area contributed by atoms with E-state index in [1.165, 1.54) is 30.5 Å². The number of hydrogen-bond donors (Lipinski definition) is 1. The number of pyridine rings is 2. The zero-order chi connectivity index (χ0) is 27.2. The summed E-state index contributed by atoms with van der Waals surface area (Å²) in [6.45, 7) is 3.53. The molecular formula is C30H21FN4O3. The second-order valence-electron chi connectivity index (χ2n) is 8.44. The Bertz CT molecular complexity index is 1640. The third kappa shape index (κ3) is 5.27. The van der Waals surface area contributed by atoms with Gasteiger partial charge in [-0.05, 0) is 79.1 Å². The standard InChI is InChI=1S/C30H21FN4O3/c1-18-12-21(26(31)13-22(18)17-37)7-9-28-25(14-32)24(10-11-33-28)23-4-3-5-27(19(23)2)35-30(38)29-8-6-20(16-36)15-34-29/h3-13,15-17H,1-2H3,(H,35,38)/b9-7+. The van der Waals surface area contributed by atoms with Crippen LogP contribution in [0.2, 0.25) is 0 Å². The smallest absolute Gasteiger partial charge is 0.274 e. The summed E-state index contributed by atoms with van der Waals surface area (Å²) in [5, 5.41) is 12.8. The molecule has 186 valence electrons. The van der Waals surface area contributed by atoms with E-state index in [0.29, 0.717) is 51.8 Å². The SMILES string of the molecule is Cc1cc(/C=C/c2nccc(-c3cccc(NC(=O)c4ccc(C=O)cn4)c3C)c2C#N)c(F)cc1C=O. The first-order valence-electron chi connectivity index (χ1n) is 11.5. The summed E-state index contributed by atoms with van der Waals surface area (Å²) in [6, 6.07) is 14.9. The highest BCUT2D eigenvalue weighted by Crippen LogP contribution is 2.32. The van der Waals surface area contributed by atoms with E-state index < -0.39 is 11.7 Å². The van der Waals surface area contributed by atoms with E-state index in [9.17, 15) is 24.0 Å². The van der Waals surface area contributed by atoms with Crippen LogP contribution in [0.15, 0.2) is 60.9 Å². The molecule has 2 heterocycles. The van der Waals surface area contributed by atoms with Crippen molar-refractivity contribution in [2.75, 3.05) is 5.32 Å². The first kappa shape index (κ1) is 25.8. The number of carbonyl (C=O) groups excluding carboxylic acids is 3. The minimum Gasteiger partial charge on any atom is -0.320 e. The number of aryl methyl sites for hydroxylation is 1. The van der Waals surface area contributed by atoms with Crippen molar-refractivity contribution in [3.63, 3.8) is 0 Å². The Morgan fingerprint density at radius 2 is 1.79 bits per heavy atom. The topological polar surface area (TPSA) is 113 Å². The van der Waals surface area contributed by atoms with Crippen LogP contribution in [0.3, 0.4) is 0 Å². The van der Waals surface area contributed by atoms with Crippen LogP contribution in [-0.2, 0) is 0 Å². The first-order chi connectivity index (χ1) is 18.4. The van der Waals surface area contributed by atoms with E-state index >= 15 is 0 Å². The average Bonchev–Trinajstić information content (AvgIpc) is 2.94. The number of aldehydes is 2. The van der Waals surface area contributed by atoms with Gasteiger partial charge in [0.15, 0.2) is 6.29 Å². The molecule has 0 fully saturated rings. The van der Waals surface area contributed by atoms with Crippen molar-refractivity contribution < 1.29 is 18.8 Å². The molecule has 0 saturated carbocycles. The molecule has 0 unspecified atom stereocenters. The van der Waals surface area contributed by atoms with Gasteiger partial charge in [0.25, 0.3) is 5.91 Å². The molecule has 0 saturated heterocycles. The molecule has 0 atom stereocenters. The highest BCUT2D eigenvalue weighted by molar-refractivity contribution is 6.04. The van der Waals surface area contributed by atoms with Gasteiger partial charge in [0, 0.05) is 40.3 Å². The molecular weight excluding hydrogens is 483 g/mol. The molecule has 4 aromatic rings. The molecule has 0 radical (unpaired) electrons. The number of carbonyl (C=O) groups is 3. The number of aromatic nitrogens is 2. The largest absolute Gasteiger partial charge is 0.320 e. The molecule has 2 aromatic carbocycles. The third-order valence-electron chi connectivity index (χ3n) is 6.05. The van der Waals surface area contributed by atoms with Crippen molar-refractivity contribution in [2.45, 2.75) is 13.8 Å². The molecule has 8 heteroatoms. The van der Waals surface area contributed by atoms with Gasteiger partial charge in [-0.25, -0.2) is 4.39 Å². The van der Waals surface area contributed by atoms with Crippen molar-refractivity contribution in [1.29, 1.82) is 5.26 Å². The lowest BCUT2D eigenvalue weighted by Crippen LogP contribution is -2.14. The Kier molecular flexibility index (Phi) is 7.59. The second-order valence-corrected chi connectivity index (χ2v) is 8.44. The predicted molar refractivity (Wildman–Crippen MR) is 142 cm³/mol. The number of rotatable bonds is 7. The maximum Gasteiger partial charge on any atom is 0.274 e. The van der Waals surface area contributed by atoms with Gasteiger partial charge in [-0.3, -0.25) is 24.4 Å². The Hall–Kier alpha value is -5.29. The molecule has 1 N–H and O–H groups in total. The van der Waals surface area contributed by atoms with E-state index in [2.05, 4.69) is 21.4 Å². The summed E-state index contributed by atoms with van der Waals surface area (Å²) in [5.41, 5.74) is 4.85. The number of nitrogens with one attached hydrogen (secondary N) is 1. The summed E-state index contributed by atoms with van der Waals surface area (Å²) in [5.74, 6) is -1.00. The number of nitrogens with zero attached hydrogens (tertiary/aromatic N) is 3. The molecule has 1 amide bonds. The van der Waals surface area contributed by atoms with Crippen molar-refractivity contribution >= 4 is 36.3 Å². The lowest BCUT2D eigenvalue weighted by Gasteiger charge is -2.14. The van der Waals surface area contributed by atoms with Crippen molar-refractivity contribution in [3.8, 4) is 17.2 Å². The highest BCUT2D eigenvalue weighted by atomic mass is 19.1. The van der Waals surface area contributed by atoms with Crippen molar-refractivity contribution in [3.05, 3.63) is 112 Å². The van der Waals surface area contributed by atoms with Gasteiger partial charge in [-0.1, -0.05) is 12.1 Å². The fraction of sp³-hybridized carbons (Fsp3) is 0.0667. The van der Waals surface area contributed by atoms with E-state index in [4.69, 9.17) is 0 Å². The quantitative estimate of drug-likeness (QED) is 0.317. The van der Waals surface area contributed by atoms with Gasteiger partial charge >= 0.3 is 0 Å². The maximum absolute atomic E-state index is 14.5. The number of amides is 1. The van der Waals surface area contributed by atoms with Crippen LogP contribution in [0.4, 0.5) is 10.1 Å². The lowest BCUT2D eigenvalue weighted by molar-refractivity contribution is 0.102. The third-order valence-corrected chi connectivity index (χ3v) is 6.05. The number of anilines is 1. The van der Waals surface area contributed by atoms with Crippen molar-refractivity contribution in [2.24, 2.45) is 0 Å². The number of hydrogen-bond acceptors (Lipinski definition) is 6. The number of nitriles is 1. The van der Waals surface area contributed by atoms with E-state index in [1.807, 2.05) is 13.0 Å². The molecule has 0 aliphatic rings. The summed E-state index contributed by atoms with van der Waals surface area (Å²) in [6.07, 6.45) is 7.18. The first-order valence-corrected chi connectivity index (χ1v) is 11.5. The zero-order valence-electron chi connectivity index (χ0n) is 20.5. The van der Waals surface area contributed by atoms with Crippen LogP contribution in [-0.4, -0.2) is 28.4 Å². The fourth-order valence-corrected chi connectivity index (χ4v) is 3.95. The zero-order valence-corrected chi connectivity index (χ0v) is 20.5. The highest BCUT2D eigenvalue weighted by Gasteiger charge is 2.16. The van der Waals surface area contributed by atoms with Crippen molar-refractivity contribution in [1.82, 2.24) is 9.97 Å². The van der Waals surface area contributed by atoms with Crippen LogP contribution in [0.1, 0.15) is 59.2 Å². The summed E-state index contributed by atoms with van der Waals surface area (Å²) in [7, 11) is 0. The Morgan fingerprint density at radius 1 is 0.974 bits per heavy atom. The minimum absolute atomic E-state index is 0.151. The Balaban J connectivity index is 1.68. The van der Waals surface area contributed by atoms with Crippen LogP contribution in [0.5, 0.6) is 0 Å². The van der Waals surface area contributed by atoms with Gasteiger partial charge in [-0.15, -0.1) is 0 Å². The van der Waals surface area contributed by atoms with E-state index in [0.717, 1.165) is 0 Å². The minimum atomic E-state index is -0.557. The van der Waals surface area contributed by atoms with E-state index in [1.54, 1.807) is 43.5 Å². The number of halogens is 1. The molecule has 2 aromatic heterocycles. The molecule has 0 bridgehead atoms. The van der Waals surface area contributed by atoms with Gasteiger partial charge in [-0.2, -0.15) is 5.26 Å². The van der Waals surface area contributed by atoms with Gasteiger partial charge in [0.1, 0.15) is 23.9 Å². The molecule has 0 spiro atoms. The molecule has 4 rings (SSSR count). The molecule has 38 heavy (non-hydrogen) atoms. The van der Waals surface area contributed by atoms with Crippen LogP contribution >= 0.6 is 0 Å². The van der Waals surface area contributed by atoms with Crippen LogP contribution < -0.4 is 5.32 Å². The monoisotopic (exact) mass is 504 g/mol. The molecule has 0 aliphatic carbocycles. The van der Waals surface area contributed by atoms with Gasteiger partial charge in [0.2, 0.25) is 0 Å². The maximum atomic E-state index is 14.5.